The van der Waals surface area contributed by atoms with Gasteiger partial charge in [-0.2, -0.15) is 4.31 Å². The lowest BCUT2D eigenvalue weighted by molar-refractivity contribution is -0.917. The van der Waals surface area contributed by atoms with Gasteiger partial charge in [-0.1, -0.05) is 29.8 Å². The number of aryl methyl sites for hydroxylation is 1. The molecule has 0 spiro atoms. The van der Waals surface area contributed by atoms with Gasteiger partial charge in [0.05, 0.1) is 36.8 Å². The maximum absolute atomic E-state index is 13.7. The number of carbonyl (C=O) groups excluding carboxylic acids is 1. The summed E-state index contributed by atoms with van der Waals surface area (Å²) in [5.74, 6) is -0.762. The number of benzene rings is 2. The van der Waals surface area contributed by atoms with Gasteiger partial charge in [0.25, 0.3) is 5.91 Å². The van der Waals surface area contributed by atoms with E-state index in [4.69, 9.17) is 0 Å². The summed E-state index contributed by atoms with van der Waals surface area (Å²) in [6.45, 7) is 5.38. The molecular formula is C20H25FN3O3S+. The van der Waals surface area contributed by atoms with Crippen molar-refractivity contribution in [1.29, 1.82) is 0 Å². The lowest BCUT2D eigenvalue weighted by Crippen LogP contribution is -3.19. The van der Waals surface area contributed by atoms with Crippen molar-refractivity contribution in [2.24, 2.45) is 0 Å². The molecule has 1 heterocycles. The lowest BCUT2D eigenvalue weighted by Gasteiger charge is -2.34. The summed E-state index contributed by atoms with van der Waals surface area (Å²) in [6.07, 6.45) is 0. The van der Waals surface area contributed by atoms with Gasteiger partial charge in [-0.3, -0.25) is 4.79 Å². The third-order valence-corrected chi connectivity index (χ3v) is 7.07. The molecule has 0 unspecified atom stereocenters. The Labute approximate surface area is 165 Å². The zero-order valence-corrected chi connectivity index (χ0v) is 16.8. The van der Waals surface area contributed by atoms with Crippen LogP contribution in [0.1, 0.15) is 12.5 Å². The highest BCUT2D eigenvalue weighted by Gasteiger charge is 2.34. The summed E-state index contributed by atoms with van der Waals surface area (Å²) in [5, 5.41) is 2.61. The van der Waals surface area contributed by atoms with Crippen LogP contribution in [0, 0.1) is 12.7 Å². The molecule has 3 rings (SSSR count). The molecule has 8 heteroatoms. The van der Waals surface area contributed by atoms with E-state index in [1.165, 1.54) is 16.4 Å². The van der Waals surface area contributed by atoms with Gasteiger partial charge in [0.2, 0.25) is 10.0 Å². The van der Waals surface area contributed by atoms with Crippen molar-refractivity contribution in [3.8, 4) is 0 Å². The van der Waals surface area contributed by atoms with Crippen LogP contribution < -0.4 is 10.2 Å². The van der Waals surface area contributed by atoms with E-state index in [1.807, 2.05) is 6.92 Å². The van der Waals surface area contributed by atoms with Crippen molar-refractivity contribution in [3.05, 3.63) is 59.9 Å². The highest BCUT2D eigenvalue weighted by molar-refractivity contribution is 7.89. The summed E-state index contributed by atoms with van der Waals surface area (Å²) in [4.78, 5) is 13.7. The van der Waals surface area contributed by atoms with Gasteiger partial charge in [0.1, 0.15) is 5.82 Å². The first-order chi connectivity index (χ1) is 13.3. The van der Waals surface area contributed by atoms with Gasteiger partial charge in [-0.05, 0) is 38.1 Å². The summed E-state index contributed by atoms with van der Waals surface area (Å²) in [5.41, 5.74) is 1.15. The first-order valence-corrected chi connectivity index (χ1v) is 10.7. The number of rotatable bonds is 5. The Balaban J connectivity index is 1.60. The van der Waals surface area contributed by atoms with E-state index < -0.39 is 21.9 Å². The van der Waals surface area contributed by atoms with Gasteiger partial charge >= 0.3 is 0 Å². The molecule has 2 aromatic carbocycles. The smallest absolute Gasteiger partial charge is 0.282 e. The molecule has 0 bridgehead atoms. The Morgan fingerprint density at radius 3 is 2.32 bits per heavy atom. The average molecular weight is 407 g/mol. The highest BCUT2D eigenvalue weighted by Crippen LogP contribution is 2.16. The van der Waals surface area contributed by atoms with Crippen LogP contribution in [0.2, 0.25) is 0 Å². The van der Waals surface area contributed by atoms with Crippen LogP contribution in [0.5, 0.6) is 0 Å². The van der Waals surface area contributed by atoms with Gasteiger partial charge < -0.3 is 10.2 Å². The Morgan fingerprint density at radius 2 is 1.71 bits per heavy atom. The molecule has 28 heavy (non-hydrogen) atoms. The molecule has 2 N–H and O–H groups in total. The Morgan fingerprint density at radius 1 is 1.11 bits per heavy atom. The largest absolute Gasteiger partial charge is 0.323 e. The third-order valence-electron chi connectivity index (χ3n) is 5.16. The van der Waals surface area contributed by atoms with E-state index in [9.17, 15) is 17.6 Å². The van der Waals surface area contributed by atoms with Crippen LogP contribution in [0.25, 0.3) is 0 Å². The van der Waals surface area contributed by atoms with Crippen molar-refractivity contribution in [3.63, 3.8) is 0 Å². The maximum Gasteiger partial charge on any atom is 0.282 e. The molecular weight excluding hydrogens is 381 g/mol. The van der Waals surface area contributed by atoms with Crippen molar-refractivity contribution >= 4 is 21.6 Å². The van der Waals surface area contributed by atoms with E-state index in [2.05, 4.69) is 5.32 Å². The molecule has 150 valence electrons. The van der Waals surface area contributed by atoms with Crippen LogP contribution in [0.15, 0.2) is 53.4 Å². The molecule has 6 nitrogen and oxygen atoms in total. The number of sulfonamides is 1. The van der Waals surface area contributed by atoms with E-state index in [-0.39, 0.29) is 16.5 Å². The normalized spacial score (nSPS) is 17.2. The van der Waals surface area contributed by atoms with Gasteiger partial charge in [0.15, 0.2) is 6.04 Å². The van der Waals surface area contributed by atoms with Gasteiger partial charge in [0, 0.05) is 0 Å². The third kappa shape index (κ3) is 4.40. The fourth-order valence-electron chi connectivity index (χ4n) is 3.30. The lowest BCUT2D eigenvalue weighted by atomic mass is 10.2. The maximum atomic E-state index is 13.7. The molecule has 1 aliphatic rings. The summed E-state index contributed by atoms with van der Waals surface area (Å²) >= 11 is 0. The second kappa shape index (κ2) is 8.38. The minimum Gasteiger partial charge on any atom is -0.323 e. The second-order valence-electron chi connectivity index (χ2n) is 7.07. The number of carbonyl (C=O) groups is 1. The van der Waals surface area contributed by atoms with Crippen LogP contribution in [0.3, 0.4) is 0 Å². The second-order valence-corrected chi connectivity index (χ2v) is 9.00. The van der Waals surface area contributed by atoms with E-state index in [1.54, 1.807) is 43.3 Å². The zero-order valence-electron chi connectivity index (χ0n) is 16.0. The number of para-hydroxylation sites is 1. The minimum absolute atomic E-state index is 0.152. The summed E-state index contributed by atoms with van der Waals surface area (Å²) in [6, 6.07) is 12.4. The molecule has 1 atom stereocenters. The molecule has 1 fully saturated rings. The zero-order chi connectivity index (χ0) is 20.3. The first kappa shape index (κ1) is 20.4. The minimum atomic E-state index is -3.53. The van der Waals surface area contributed by atoms with Crippen LogP contribution in [-0.4, -0.2) is 50.9 Å². The van der Waals surface area contributed by atoms with Crippen LogP contribution in [0.4, 0.5) is 10.1 Å². The number of piperazine rings is 1. The predicted molar refractivity (Wildman–Crippen MR) is 105 cm³/mol. The van der Waals surface area contributed by atoms with Gasteiger partial charge in [-0.25, -0.2) is 12.8 Å². The number of quaternary nitrogens is 1. The van der Waals surface area contributed by atoms with Crippen molar-refractivity contribution in [2.75, 3.05) is 31.5 Å². The topological polar surface area (TPSA) is 70.9 Å². The Hall–Kier alpha value is -2.29. The van der Waals surface area contributed by atoms with E-state index in [0.29, 0.717) is 26.2 Å². The van der Waals surface area contributed by atoms with Crippen molar-refractivity contribution in [1.82, 2.24) is 4.31 Å². The van der Waals surface area contributed by atoms with E-state index >= 15 is 0 Å². The summed E-state index contributed by atoms with van der Waals surface area (Å²) in [7, 11) is -3.53. The Kier molecular flexibility index (Phi) is 6.12. The van der Waals surface area contributed by atoms with E-state index in [0.717, 1.165) is 10.5 Å². The van der Waals surface area contributed by atoms with Crippen molar-refractivity contribution < 1.29 is 22.5 Å². The molecule has 1 aliphatic heterocycles. The molecule has 2 aromatic rings. The molecule has 0 aromatic heterocycles. The number of hydrogen-bond acceptors (Lipinski definition) is 3. The van der Waals surface area contributed by atoms with Crippen LogP contribution in [-0.2, 0) is 14.8 Å². The molecule has 1 saturated heterocycles. The molecule has 0 saturated carbocycles. The average Bonchev–Trinajstić information content (AvgIpc) is 2.69. The number of nitrogens with zero attached hydrogens (tertiary/aromatic N) is 1. The number of halogens is 1. The Bertz CT molecular complexity index is 939. The fraction of sp³-hybridized carbons (Fsp3) is 0.350. The first-order valence-electron chi connectivity index (χ1n) is 9.26. The number of amides is 1. The number of nitrogens with one attached hydrogen (secondary N) is 2. The summed E-state index contributed by atoms with van der Waals surface area (Å²) < 4.78 is 40.8. The molecule has 0 radical (unpaired) electrons. The van der Waals surface area contributed by atoms with Gasteiger partial charge in [-0.15, -0.1) is 0 Å². The predicted octanol–water partition coefficient (Wildman–Crippen LogP) is 1.05. The highest BCUT2D eigenvalue weighted by atomic mass is 32.2. The standard InChI is InChI=1S/C20H24FN3O3S/c1-15-7-9-17(10-8-15)28(26,27)24-13-11-23(12-14-24)16(2)20(25)22-19-6-4-3-5-18(19)21/h3-10,16H,11-14H2,1-2H3,(H,22,25)/p+1/t16-/m0/s1. The molecule has 0 aliphatic carbocycles. The quantitative estimate of drug-likeness (QED) is 0.780. The number of anilines is 1. The fourth-order valence-corrected chi connectivity index (χ4v) is 4.74. The van der Waals surface area contributed by atoms with Crippen LogP contribution >= 0.6 is 0 Å². The molecule has 1 amide bonds. The SMILES string of the molecule is Cc1ccc(S(=O)(=O)N2CC[NH+]([C@@H](C)C(=O)Nc3ccccc3F)CC2)cc1. The monoisotopic (exact) mass is 406 g/mol. The van der Waals surface area contributed by atoms with Crippen molar-refractivity contribution in [2.45, 2.75) is 24.8 Å². The number of hydrogen-bond donors (Lipinski definition) is 2.